The second kappa shape index (κ2) is 6.96. The van der Waals surface area contributed by atoms with Crippen LogP contribution in [-0.2, 0) is 13.0 Å². The highest BCUT2D eigenvalue weighted by molar-refractivity contribution is 5.92. The molecule has 0 aliphatic carbocycles. The lowest BCUT2D eigenvalue weighted by Gasteiger charge is -2.19. The van der Waals surface area contributed by atoms with Gasteiger partial charge in [0.05, 0.1) is 6.04 Å². The Balaban J connectivity index is 1.48. The summed E-state index contributed by atoms with van der Waals surface area (Å²) >= 11 is 0. The second-order valence-corrected chi connectivity index (χ2v) is 6.85. The Bertz CT molecular complexity index is 965. The molecule has 0 fully saturated rings. The van der Waals surface area contributed by atoms with Crippen molar-refractivity contribution in [3.8, 4) is 5.69 Å². The summed E-state index contributed by atoms with van der Waals surface area (Å²) in [5.41, 5.74) is 7.35. The first-order chi connectivity index (χ1) is 13.0. The molecule has 2 atom stereocenters. The first-order valence-corrected chi connectivity index (χ1v) is 8.93. The molecule has 3 N–H and O–H groups in total. The van der Waals surface area contributed by atoms with Crippen LogP contribution in [0.5, 0.6) is 0 Å². The van der Waals surface area contributed by atoms with E-state index in [1.807, 2.05) is 11.5 Å². The van der Waals surface area contributed by atoms with Gasteiger partial charge in [0.25, 0.3) is 5.91 Å². The molecule has 3 heterocycles. The fourth-order valence-electron chi connectivity index (χ4n) is 3.32. The fourth-order valence-corrected chi connectivity index (χ4v) is 3.32. The molecule has 2 unspecified atom stereocenters. The summed E-state index contributed by atoms with van der Waals surface area (Å²) < 4.78 is 17.8. The van der Waals surface area contributed by atoms with E-state index < -0.39 is 5.82 Å². The molecule has 1 aromatic carbocycles. The largest absolute Gasteiger partial charge is 0.344 e. The Labute approximate surface area is 156 Å². The fraction of sp³-hybridized carbons (Fsp3) is 0.316. The number of benzene rings is 1. The van der Waals surface area contributed by atoms with Gasteiger partial charge in [0.1, 0.15) is 23.0 Å². The molecule has 2 aromatic heterocycles. The minimum Gasteiger partial charge on any atom is -0.344 e. The van der Waals surface area contributed by atoms with Gasteiger partial charge in [0.2, 0.25) is 0 Å². The second-order valence-electron chi connectivity index (χ2n) is 6.85. The maximum absolute atomic E-state index is 14.4. The third-order valence-electron chi connectivity index (χ3n) is 4.83. The van der Waals surface area contributed by atoms with E-state index in [1.165, 1.54) is 10.7 Å². The van der Waals surface area contributed by atoms with Gasteiger partial charge < -0.3 is 15.6 Å². The van der Waals surface area contributed by atoms with Crippen LogP contribution < -0.4 is 11.1 Å². The zero-order chi connectivity index (χ0) is 19.0. The number of nitrogens with one attached hydrogen (secondary N) is 1. The van der Waals surface area contributed by atoms with Crippen molar-refractivity contribution >= 4 is 5.91 Å². The topological polar surface area (TPSA) is 90.8 Å². The van der Waals surface area contributed by atoms with Crippen molar-refractivity contribution in [3.05, 3.63) is 65.8 Å². The van der Waals surface area contributed by atoms with E-state index in [-0.39, 0.29) is 18.0 Å². The molecule has 27 heavy (non-hydrogen) atoms. The van der Waals surface area contributed by atoms with Crippen LogP contribution in [0.3, 0.4) is 0 Å². The van der Waals surface area contributed by atoms with Gasteiger partial charge in [-0.2, -0.15) is 5.10 Å². The predicted octanol–water partition coefficient (Wildman–Crippen LogP) is 1.97. The zero-order valence-corrected chi connectivity index (χ0v) is 15.0. The van der Waals surface area contributed by atoms with E-state index in [2.05, 4.69) is 15.4 Å². The molecule has 7 nitrogen and oxygen atoms in total. The number of aryl methyl sites for hydroxylation is 1. The predicted molar refractivity (Wildman–Crippen MR) is 97.9 cm³/mol. The quantitative estimate of drug-likeness (QED) is 0.737. The summed E-state index contributed by atoms with van der Waals surface area (Å²) in [4.78, 5) is 16.9. The summed E-state index contributed by atoms with van der Waals surface area (Å²) in [5.74, 6) is 0.197. The molecule has 0 spiro atoms. The van der Waals surface area contributed by atoms with Gasteiger partial charge in [-0.3, -0.25) is 4.79 Å². The minimum absolute atomic E-state index is 0.0952. The molecule has 3 aromatic rings. The average molecular weight is 368 g/mol. The SMILES string of the molecule is CC(NC(=O)c1cn2c(n1)CCC(N)C2)c1ccc(-n2cccn2)c(F)c1. The molecule has 1 amide bonds. The van der Waals surface area contributed by atoms with Crippen molar-refractivity contribution in [1.82, 2.24) is 24.6 Å². The van der Waals surface area contributed by atoms with E-state index in [9.17, 15) is 9.18 Å². The van der Waals surface area contributed by atoms with Crippen molar-refractivity contribution in [2.24, 2.45) is 5.73 Å². The number of amides is 1. The number of aromatic nitrogens is 4. The average Bonchev–Trinajstić information content (AvgIpc) is 3.30. The molecule has 8 heteroatoms. The van der Waals surface area contributed by atoms with Crippen molar-refractivity contribution in [1.29, 1.82) is 0 Å². The smallest absolute Gasteiger partial charge is 0.271 e. The summed E-state index contributed by atoms with van der Waals surface area (Å²) in [6.07, 6.45) is 6.64. The van der Waals surface area contributed by atoms with E-state index in [0.29, 0.717) is 23.5 Å². The molecule has 0 saturated heterocycles. The molecular weight excluding hydrogens is 347 g/mol. The normalized spacial score (nSPS) is 17.4. The molecule has 1 aliphatic rings. The number of halogens is 1. The lowest BCUT2D eigenvalue weighted by Crippen LogP contribution is -2.31. The Morgan fingerprint density at radius 1 is 1.44 bits per heavy atom. The highest BCUT2D eigenvalue weighted by Crippen LogP contribution is 2.20. The van der Waals surface area contributed by atoms with Crippen LogP contribution >= 0.6 is 0 Å². The van der Waals surface area contributed by atoms with Crippen molar-refractivity contribution in [2.45, 2.75) is 38.4 Å². The van der Waals surface area contributed by atoms with Crippen LogP contribution in [0.1, 0.15) is 41.3 Å². The zero-order valence-electron chi connectivity index (χ0n) is 15.0. The third-order valence-corrected chi connectivity index (χ3v) is 4.83. The molecule has 140 valence electrons. The molecule has 4 rings (SSSR count). The molecule has 0 saturated carbocycles. The van der Waals surface area contributed by atoms with Gasteiger partial charge in [-0.15, -0.1) is 0 Å². The lowest BCUT2D eigenvalue weighted by atomic mass is 10.1. The van der Waals surface area contributed by atoms with E-state index in [4.69, 9.17) is 5.73 Å². The standard InChI is InChI=1S/C19H21FN6O/c1-12(13-3-5-17(15(20)9-13)26-8-2-7-22-26)23-19(27)16-11-25-10-14(21)4-6-18(25)24-16/h2-3,5,7-9,11-12,14H,4,6,10,21H2,1H3,(H,23,27). The number of hydrogen-bond acceptors (Lipinski definition) is 4. The summed E-state index contributed by atoms with van der Waals surface area (Å²) in [7, 11) is 0. The van der Waals surface area contributed by atoms with E-state index in [1.54, 1.807) is 36.8 Å². The summed E-state index contributed by atoms with van der Waals surface area (Å²) in [5, 5.41) is 6.91. The maximum atomic E-state index is 14.4. The van der Waals surface area contributed by atoms with Crippen LogP contribution in [0, 0.1) is 5.82 Å². The van der Waals surface area contributed by atoms with Gasteiger partial charge in [-0.25, -0.2) is 14.1 Å². The van der Waals surface area contributed by atoms with Gasteiger partial charge >= 0.3 is 0 Å². The van der Waals surface area contributed by atoms with Gasteiger partial charge in [0.15, 0.2) is 0 Å². The van der Waals surface area contributed by atoms with Gasteiger partial charge in [-0.05, 0) is 37.1 Å². The van der Waals surface area contributed by atoms with Gasteiger partial charge in [0, 0.05) is 37.6 Å². The first kappa shape index (κ1) is 17.4. The Morgan fingerprint density at radius 2 is 2.30 bits per heavy atom. The van der Waals surface area contributed by atoms with Crippen molar-refractivity contribution < 1.29 is 9.18 Å². The van der Waals surface area contributed by atoms with Crippen LogP contribution in [0.2, 0.25) is 0 Å². The summed E-state index contributed by atoms with van der Waals surface area (Å²) in [6.45, 7) is 2.48. The first-order valence-electron chi connectivity index (χ1n) is 8.93. The molecule has 0 bridgehead atoms. The summed E-state index contributed by atoms with van der Waals surface area (Å²) in [6, 6.07) is 6.31. The molecular formula is C19H21FN6O. The van der Waals surface area contributed by atoms with Gasteiger partial charge in [-0.1, -0.05) is 6.07 Å². The number of carbonyl (C=O) groups excluding carboxylic acids is 1. The Hall–Kier alpha value is -3.00. The number of hydrogen-bond donors (Lipinski definition) is 2. The number of rotatable bonds is 4. The van der Waals surface area contributed by atoms with Crippen LogP contribution in [0.25, 0.3) is 5.69 Å². The number of nitrogens with two attached hydrogens (primary N) is 1. The lowest BCUT2D eigenvalue weighted by molar-refractivity contribution is 0.0935. The van der Waals surface area contributed by atoms with Crippen molar-refractivity contribution in [2.75, 3.05) is 0 Å². The minimum atomic E-state index is -0.399. The highest BCUT2D eigenvalue weighted by atomic mass is 19.1. The molecule has 1 aliphatic heterocycles. The highest BCUT2D eigenvalue weighted by Gasteiger charge is 2.21. The number of carbonyl (C=O) groups is 1. The third kappa shape index (κ3) is 3.48. The number of imidazole rings is 1. The van der Waals surface area contributed by atoms with Crippen LogP contribution in [0.4, 0.5) is 4.39 Å². The van der Waals surface area contributed by atoms with Crippen molar-refractivity contribution in [3.63, 3.8) is 0 Å². The Morgan fingerprint density at radius 3 is 3.04 bits per heavy atom. The monoisotopic (exact) mass is 368 g/mol. The van der Waals surface area contributed by atoms with E-state index >= 15 is 0 Å². The van der Waals surface area contributed by atoms with E-state index in [0.717, 1.165) is 18.7 Å². The molecule has 0 radical (unpaired) electrons. The Kier molecular flexibility index (Phi) is 4.49. The van der Waals surface area contributed by atoms with Crippen LogP contribution in [-0.4, -0.2) is 31.3 Å². The number of nitrogens with zero attached hydrogens (tertiary/aromatic N) is 4. The van der Waals surface area contributed by atoms with Crippen LogP contribution in [0.15, 0.2) is 42.9 Å². The number of fused-ring (bicyclic) bond motifs is 1. The maximum Gasteiger partial charge on any atom is 0.271 e.